The summed E-state index contributed by atoms with van der Waals surface area (Å²) in [5, 5.41) is 0. The van der Waals surface area contributed by atoms with Gasteiger partial charge in [-0.25, -0.2) is 4.39 Å². The van der Waals surface area contributed by atoms with E-state index in [1.807, 2.05) is 0 Å². The van der Waals surface area contributed by atoms with Gasteiger partial charge in [-0.2, -0.15) is 0 Å². The average molecular weight is 222 g/mol. The third-order valence-electron chi connectivity index (χ3n) is 2.52. The Hall–Kier alpha value is -1.51. The minimum Gasteiger partial charge on any atom is -0.299 e. The van der Waals surface area contributed by atoms with Crippen molar-refractivity contribution in [2.24, 2.45) is 11.8 Å². The highest BCUT2D eigenvalue weighted by atomic mass is 19.1. The molecule has 0 unspecified atom stereocenters. The van der Waals surface area contributed by atoms with Crippen molar-refractivity contribution in [1.82, 2.24) is 0 Å². The number of hydrogen-bond donors (Lipinski definition) is 0. The fourth-order valence-corrected chi connectivity index (χ4v) is 1.49. The molecule has 0 N–H and O–H groups in total. The van der Waals surface area contributed by atoms with Gasteiger partial charge in [0.1, 0.15) is 11.6 Å². The number of carbonyl (C=O) groups is 2. The van der Waals surface area contributed by atoms with Crippen LogP contribution in [0, 0.1) is 17.7 Å². The fraction of sp³-hybridized carbons (Fsp3) is 0.385. The molecule has 1 atom stereocenters. The lowest BCUT2D eigenvalue weighted by molar-refractivity contribution is -0.123. The van der Waals surface area contributed by atoms with E-state index in [0.29, 0.717) is 5.56 Å². The Labute approximate surface area is 94.5 Å². The molecule has 3 heteroatoms. The van der Waals surface area contributed by atoms with Gasteiger partial charge in [0.05, 0.1) is 5.92 Å². The maximum Gasteiger partial charge on any atom is 0.173 e. The molecular formula is C13H15FO2. The molecule has 0 aliphatic rings. The first-order valence-corrected chi connectivity index (χ1v) is 5.27. The molecule has 16 heavy (non-hydrogen) atoms. The number of rotatable bonds is 4. The molecule has 0 radical (unpaired) electrons. The Bertz CT molecular complexity index is 393. The zero-order valence-corrected chi connectivity index (χ0v) is 9.66. The van der Waals surface area contributed by atoms with Crippen LogP contribution in [0.1, 0.15) is 31.1 Å². The zero-order valence-electron chi connectivity index (χ0n) is 9.66. The van der Waals surface area contributed by atoms with Crippen LogP contribution in [0.4, 0.5) is 4.39 Å². The van der Waals surface area contributed by atoms with Crippen LogP contribution in [-0.2, 0) is 4.79 Å². The van der Waals surface area contributed by atoms with Crippen LogP contribution in [0.2, 0.25) is 0 Å². The molecule has 0 spiro atoms. The van der Waals surface area contributed by atoms with Gasteiger partial charge >= 0.3 is 0 Å². The van der Waals surface area contributed by atoms with Crippen molar-refractivity contribution >= 4 is 11.6 Å². The molecule has 0 bridgehead atoms. The standard InChI is InChI=1S/C13H15FO2/c1-8(2)12(15)9(3)13(16)10-4-6-11(14)7-5-10/h4-9H,1-3H3/t9-/m1/s1. The number of hydrogen-bond acceptors (Lipinski definition) is 2. The van der Waals surface area contributed by atoms with E-state index in [9.17, 15) is 14.0 Å². The molecular weight excluding hydrogens is 207 g/mol. The van der Waals surface area contributed by atoms with Crippen molar-refractivity contribution < 1.29 is 14.0 Å². The van der Waals surface area contributed by atoms with Gasteiger partial charge in [0.25, 0.3) is 0 Å². The second-order valence-electron chi connectivity index (χ2n) is 4.15. The fourth-order valence-electron chi connectivity index (χ4n) is 1.49. The van der Waals surface area contributed by atoms with Crippen LogP contribution in [0.15, 0.2) is 24.3 Å². The van der Waals surface area contributed by atoms with Crippen molar-refractivity contribution in [2.45, 2.75) is 20.8 Å². The first-order chi connectivity index (χ1) is 7.43. The number of carbonyl (C=O) groups excluding carboxylic acids is 2. The number of benzene rings is 1. The molecule has 0 aromatic heterocycles. The third-order valence-corrected chi connectivity index (χ3v) is 2.52. The summed E-state index contributed by atoms with van der Waals surface area (Å²) >= 11 is 0. The van der Waals surface area contributed by atoms with Crippen molar-refractivity contribution in [3.63, 3.8) is 0 Å². The Morgan fingerprint density at radius 1 is 1.06 bits per heavy atom. The van der Waals surface area contributed by atoms with Crippen LogP contribution in [0.5, 0.6) is 0 Å². The van der Waals surface area contributed by atoms with Gasteiger partial charge in [0, 0.05) is 11.5 Å². The van der Waals surface area contributed by atoms with E-state index in [2.05, 4.69) is 0 Å². The van der Waals surface area contributed by atoms with Crippen LogP contribution in [0.3, 0.4) is 0 Å². The normalized spacial score (nSPS) is 12.6. The molecule has 0 aliphatic heterocycles. The molecule has 0 saturated heterocycles. The van der Waals surface area contributed by atoms with E-state index in [1.54, 1.807) is 20.8 Å². The lowest BCUT2D eigenvalue weighted by atomic mass is 9.90. The van der Waals surface area contributed by atoms with E-state index in [-0.39, 0.29) is 23.3 Å². The van der Waals surface area contributed by atoms with Crippen LogP contribution < -0.4 is 0 Å². The van der Waals surface area contributed by atoms with Gasteiger partial charge in [0.2, 0.25) is 0 Å². The second-order valence-corrected chi connectivity index (χ2v) is 4.15. The minimum atomic E-state index is -0.662. The van der Waals surface area contributed by atoms with Crippen LogP contribution >= 0.6 is 0 Å². The van der Waals surface area contributed by atoms with Crippen molar-refractivity contribution in [1.29, 1.82) is 0 Å². The van der Waals surface area contributed by atoms with E-state index in [4.69, 9.17) is 0 Å². The van der Waals surface area contributed by atoms with Gasteiger partial charge in [-0.1, -0.05) is 13.8 Å². The Morgan fingerprint density at radius 2 is 1.56 bits per heavy atom. The highest BCUT2D eigenvalue weighted by Crippen LogP contribution is 2.14. The summed E-state index contributed by atoms with van der Waals surface area (Å²) in [5.41, 5.74) is 0.378. The maximum atomic E-state index is 12.7. The molecule has 0 aliphatic carbocycles. The Balaban J connectivity index is 2.86. The summed E-state index contributed by atoms with van der Waals surface area (Å²) in [5.74, 6) is -1.56. The van der Waals surface area contributed by atoms with Crippen molar-refractivity contribution in [2.75, 3.05) is 0 Å². The predicted molar refractivity (Wildman–Crippen MR) is 59.7 cm³/mol. The minimum absolute atomic E-state index is 0.0886. The molecule has 2 nitrogen and oxygen atoms in total. The first kappa shape index (κ1) is 12.6. The average Bonchev–Trinajstić information content (AvgIpc) is 2.27. The third kappa shape index (κ3) is 2.75. The van der Waals surface area contributed by atoms with E-state index in [1.165, 1.54) is 24.3 Å². The van der Waals surface area contributed by atoms with Crippen molar-refractivity contribution in [3.8, 4) is 0 Å². The maximum absolute atomic E-state index is 12.7. The summed E-state index contributed by atoms with van der Waals surface area (Å²) in [4.78, 5) is 23.5. The second kappa shape index (κ2) is 5.01. The molecule has 0 fully saturated rings. The highest BCUT2D eigenvalue weighted by molar-refractivity contribution is 6.10. The molecule has 1 aromatic carbocycles. The lowest BCUT2D eigenvalue weighted by Crippen LogP contribution is -2.25. The van der Waals surface area contributed by atoms with Crippen molar-refractivity contribution in [3.05, 3.63) is 35.6 Å². The van der Waals surface area contributed by atoms with Gasteiger partial charge in [-0.15, -0.1) is 0 Å². The van der Waals surface area contributed by atoms with Crippen LogP contribution in [0.25, 0.3) is 0 Å². The topological polar surface area (TPSA) is 34.1 Å². The highest BCUT2D eigenvalue weighted by Gasteiger charge is 2.24. The van der Waals surface area contributed by atoms with Gasteiger partial charge < -0.3 is 0 Å². The monoisotopic (exact) mass is 222 g/mol. The number of halogens is 1. The predicted octanol–water partition coefficient (Wildman–Crippen LogP) is 2.87. The van der Waals surface area contributed by atoms with Crippen LogP contribution in [-0.4, -0.2) is 11.6 Å². The molecule has 0 amide bonds. The summed E-state index contributed by atoms with van der Waals surface area (Å²) < 4.78 is 12.7. The summed E-state index contributed by atoms with van der Waals surface area (Å²) in [6.07, 6.45) is 0. The SMILES string of the molecule is CC(C)C(=O)[C@@H](C)C(=O)c1ccc(F)cc1. The van der Waals surface area contributed by atoms with Gasteiger partial charge in [-0.05, 0) is 31.2 Å². The van der Waals surface area contributed by atoms with Gasteiger partial charge in [-0.3, -0.25) is 9.59 Å². The largest absolute Gasteiger partial charge is 0.299 e. The quantitative estimate of drug-likeness (QED) is 0.580. The first-order valence-electron chi connectivity index (χ1n) is 5.27. The van der Waals surface area contributed by atoms with E-state index in [0.717, 1.165) is 0 Å². The Kier molecular flexibility index (Phi) is 3.93. The number of ketones is 2. The zero-order chi connectivity index (χ0) is 12.3. The molecule has 1 rings (SSSR count). The van der Waals surface area contributed by atoms with E-state index >= 15 is 0 Å². The smallest absolute Gasteiger partial charge is 0.173 e. The Morgan fingerprint density at radius 3 is 2.00 bits per heavy atom. The summed E-state index contributed by atoms with van der Waals surface area (Å²) in [7, 11) is 0. The summed E-state index contributed by atoms with van der Waals surface area (Å²) in [6.45, 7) is 5.11. The molecule has 0 heterocycles. The lowest BCUT2D eigenvalue weighted by Gasteiger charge is -2.11. The van der Waals surface area contributed by atoms with E-state index < -0.39 is 5.92 Å². The molecule has 0 saturated carbocycles. The molecule has 1 aromatic rings. The molecule has 86 valence electrons. The summed E-state index contributed by atoms with van der Waals surface area (Å²) in [6, 6.07) is 5.25. The number of Topliss-reactive ketones (excluding diaryl/α,β-unsaturated/α-hetero) is 2. The van der Waals surface area contributed by atoms with Gasteiger partial charge in [0.15, 0.2) is 5.78 Å².